The molecule has 0 bridgehead atoms. The van der Waals surface area contributed by atoms with Crippen molar-refractivity contribution in [2.45, 2.75) is 18.6 Å². The first-order valence-corrected chi connectivity index (χ1v) is 6.37. The van der Waals surface area contributed by atoms with Crippen LogP contribution < -0.4 is 5.56 Å². The van der Waals surface area contributed by atoms with Crippen molar-refractivity contribution in [3.8, 4) is 0 Å². The van der Waals surface area contributed by atoms with Crippen LogP contribution in [-0.2, 0) is 11.3 Å². The summed E-state index contributed by atoms with van der Waals surface area (Å²) in [6, 6.07) is 3.08. The second kappa shape index (κ2) is 5.70. The van der Waals surface area contributed by atoms with Crippen LogP contribution in [0.1, 0.15) is 11.5 Å². The van der Waals surface area contributed by atoms with E-state index in [2.05, 4.69) is 10.1 Å². The zero-order chi connectivity index (χ0) is 13.8. The van der Waals surface area contributed by atoms with E-state index in [-0.39, 0.29) is 5.75 Å². The lowest BCUT2D eigenvalue weighted by atomic mass is 10.4. The van der Waals surface area contributed by atoms with Gasteiger partial charge in [0.25, 0.3) is 5.56 Å². The standard InChI is InChI=1S/C11H11N3O4S/c1-7-4-8(18-13-7)5-14-3-2-9(15)12-11(14)19-6-10(16)17/h2-4H,5-6H2,1H3,(H,16,17). The molecule has 2 rings (SSSR count). The number of aliphatic carboxylic acids is 1. The SMILES string of the molecule is Cc1cc(Cn2ccc(=O)nc2SCC(=O)O)on1. The van der Waals surface area contributed by atoms with E-state index in [0.29, 0.717) is 17.5 Å². The Kier molecular flexibility index (Phi) is 4.00. The van der Waals surface area contributed by atoms with Gasteiger partial charge in [-0.25, -0.2) is 0 Å². The number of aromatic nitrogens is 3. The summed E-state index contributed by atoms with van der Waals surface area (Å²) in [6.45, 7) is 2.15. The number of hydrogen-bond acceptors (Lipinski definition) is 6. The van der Waals surface area contributed by atoms with Crippen LogP contribution in [-0.4, -0.2) is 31.5 Å². The Morgan fingerprint density at radius 3 is 3.00 bits per heavy atom. The molecule has 0 atom stereocenters. The number of nitrogens with zero attached hydrogens (tertiary/aromatic N) is 3. The average Bonchev–Trinajstić information content (AvgIpc) is 2.75. The molecule has 0 unspecified atom stereocenters. The second-order valence-corrected chi connectivity index (χ2v) is 4.74. The molecule has 0 aliphatic carbocycles. The number of carboxylic acids is 1. The maximum absolute atomic E-state index is 11.2. The Morgan fingerprint density at radius 2 is 2.37 bits per heavy atom. The molecule has 7 nitrogen and oxygen atoms in total. The molecule has 19 heavy (non-hydrogen) atoms. The minimum Gasteiger partial charge on any atom is -0.481 e. The lowest BCUT2D eigenvalue weighted by Crippen LogP contribution is -2.14. The highest BCUT2D eigenvalue weighted by molar-refractivity contribution is 7.99. The Labute approximate surface area is 112 Å². The lowest BCUT2D eigenvalue weighted by Gasteiger charge is -2.08. The summed E-state index contributed by atoms with van der Waals surface area (Å²) in [5, 5.41) is 12.8. The van der Waals surface area contributed by atoms with Gasteiger partial charge < -0.3 is 14.2 Å². The van der Waals surface area contributed by atoms with Crippen molar-refractivity contribution in [2.24, 2.45) is 0 Å². The molecule has 0 amide bonds. The van der Waals surface area contributed by atoms with Crippen molar-refractivity contribution in [2.75, 3.05) is 5.75 Å². The summed E-state index contributed by atoms with van der Waals surface area (Å²) in [5.41, 5.74) is 0.349. The van der Waals surface area contributed by atoms with Crippen molar-refractivity contribution >= 4 is 17.7 Å². The molecule has 0 fully saturated rings. The smallest absolute Gasteiger partial charge is 0.313 e. The molecule has 2 aromatic heterocycles. The maximum atomic E-state index is 11.2. The van der Waals surface area contributed by atoms with E-state index >= 15 is 0 Å². The van der Waals surface area contributed by atoms with Gasteiger partial charge >= 0.3 is 5.97 Å². The van der Waals surface area contributed by atoms with Gasteiger partial charge in [-0.05, 0) is 6.92 Å². The van der Waals surface area contributed by atoms with Gasteiger partial charge in [0.2, 0.25) is 0 Å². The van der Waals surface area contributed by atoms with Crippen LogP contribution in [0.3, 0.4) is 0 Å². The third-order valence-corrected chi connectivity index (χ3v) is 3.15. The van der Waals surface area contributed by atoms with Crippen LogP contribution in [0.4, 0.5) is 0 Å². The molecule has 0 radical (unpaired) electrons. The predicted molar refractivity (Wildman–Crippen MR) is 67.2 cm³/mol. The van der Waals surface area contributed by atoms with Crippen LogP contribution in [0.5, 0.6) is 0 Å². The zero-order valence-corrected chi connectivity index (χ0v) is 10.9. The Bertz CT molecular complexity index is 649. The third kappa shape index (κ3) is 3.68. The van der Waals surface area contributed by atoms with Crippen LogP contribution in [0, 0.1) is 6.92 Å². The summed E-state index contributed by atoms with van der Waals surface area (Å²) in [4.78, 5) is 25.6. The van der Waals surface area contributed by atoms with Crippen molar-refractivity contribution in [1.29, 1.82) is 0 Å². The Morgan fingerprint density at radius 1 is 1.58 bits per heavy atom. The van der Waals surface area contributed by atoms with E-state index in [1.54, 1.807) is 23.8 Å². The first-order chi connectivity index (χ1) is 9.04. The highest BCUT2D eigenvalue weighted by atomic mass is 32.2. The lowest BCUT2D eigenvalue weighted by molar-refractivity contribution is -0.133. The second-order valence-electron chi connectivity index (χ2n) is 3.79. The normalized spacial score (nSPS) is 10.6. The summed E-state index contributed by atoms with van der Waals surface area (Å²) in [5.74, 6) is -0.517. The van der Waals surface area contributed by atoms with E-state index in [1.165, 1.54) is 6.07 Å². The Balaban J connectivity index is 2.23. The first kappa shape index (κ1) is 13.3. The average molecular weight is 281 g/mol. The molecular formula is C11H11N3O4S. The van der Waals surface area contributed by atoms with E-state index in [0.717, 1.165) is 17.5 Å². The number of carboxylic acid groups (broad SMARTS) is 1. The Hall–Kier alpha value is -2.09. The predicted octanol–water partition coefficient (Wildman–Crippen LogP) is 0.765. The van der Waals surface area contributed by atoms with Gasteiger partial charge in [0, 0.05) is 18.3 Å². The highest BCUT2D eigenvalue weighted by Crippen LogP contribution is 2.15. The number of carbonyl (C=O) groups is 1. The van der Waals surface area contributed by atoms with E-state index in [1.807, 2.05) is 0 Å². The van der Waals surface area contributed by atoms with Crippen molar-refractivity contribution in [3.05, 3.63) is 40.1 Å². The van der Waals surface area contributed by atoms with Gasteiger partial charge in [-0.2, -0.15) is 4.98 Å². The molecule has 2 aromatic rings. The first-order valence-electron chi connectivity index (χ1n) is 5.39. The number of rotatable bonds is 5. The van der Waals surface area contributed by atoms with Crippen LogP contribution >= 0.6 is 11.8 Å². The molecule has 8 heteroatoms. The fourth-order valence-corrected chi connectivity index (χ4v) is 2.13. The summed E-state index contributed by atoms with van der Waals surface area (Å²) in [6.07, 6.45) is 1.55. The van der Waals surface area contributed by atoms with Gasteiger partial charge in [-0.3, -0.25) is 9.59 Å². The van der Waals surface area contributed by atoms with Crippen molar-refractivity contribution in [3.63, 3.8) is 0 Å². The number of thioether (sulfide) groups is 1. The van der Waals surface area contributed by atoms with Gasteiger partial charge in [-0.1, -0.05) is 16.9 Å². The molecule has 0 aliphatic rings. The fourth-order valence-electron chi connectivity index (χ4n) is 1.43. The minimum absolute atomic E-state index is 0.161. The van der Waals surface area contributed by atoms with Gasteiger partial charge in [0.1, 0.15) is 0 Å². The molecule has 0 saturated carbocycles. The van der Waals surface area contributed by atoms with Gasteiger partial charge in [-0.15, -0.1) is 0 Å². The van der Waals surface area contributed by atoms with E-state index < -0.39 is 11.5 Å². The highest BCUT2D eigenvalue weighted by Gasteiger charge is 2.09. The van der Waals surface area contributed by atoms with Crippen LogP contribution in [0.25, 0.3) is 0 Å². The monoisotopic (exact) mass is 281 g/mol. The van der Waals surface area contributed by atoms with E-state index in [9.17, 15) is 9.59 Å². The fraction of sp³-hybridized carbons (Fsp3) is 0.273. The van der Waals surface area contributed by atoms with Crippen LogP contribution in [0.2, 0.25) is 0 Å². The van der Waals surface area contributed by atoms with Gasteiger partial charge in [0.15, 0.2) is 10.9 Å². The third-order valence-electron chi connectivity index (χ3n) is 2.18. The maximum Gasteiger partial charge on any atom is 0.313 e. The quantitative estimate of drug-likeness (QED) is 0.638. The number of hydrogen-bond donors (Lipinski definition) is 1. The van der Waals surface area contributed by atoms with Crippen molar-refractivity contribution < 1.29 is 14.4 Å². The molecule has 0 aliphatic heterocycles. The number of aryl methyl sites for hydroxylation is 1. The molecular weight excluding hydrogens is 270 g/mol. The summed E-state index contributed by atoms with van der Waals surface area (Å²) in [7, 11) is 0. The molecule has 100 valence electrons. The molecule has 0 spiro atoms. The largest absolute Gasteiger partial charge is 0.481 e. The van der Waals surface area contributed by atoms with Crippen molar-refractivity contribution in [1.82, 2.24) is 14.7 Å². The topological polar surface area (TPSA) is 98.2 Å². The van der Waals surface area contributed by atoms with Crippen LogP contribution in [0.15, 0.2) is 32.8 Å². The minimum atomic E-state index is -0.967. The van der Waals surface area contributed by atoms with Gasteiger partial charge in [0.05, 0.1) is 18.0 Å². The molecule has 1 N–H and O–H groups in total. The molecule has 0 saturated heterocycles. The molecule has 0 aromatic carbocycles. The van der Waals surface area contributed by atoms with E-state index in [4.69, 9.17) is 9.63 Å². The molecule has 2 heterocycles. The summed E-state index contributed by atoms with van der Waals surface area (Å²) < 4.78 is 6.72. The zero-order valence-electron chi connectivity index (χ0n) is 10.1. The summed E-state index contributed by atoms with van der Waals surface area (Å²) >= 11 is 0.986.